The van der Waals surface area contributed by atoms with E-state index in [1.165, 1.54) is 5.56 Å². The summed E-state index contributed by atoms with van der Waals surface area (Å²) in [6.07, 6.45) is 1.55. The van der Waals surface area contributed by atoms with Crippen LogP contribution in [0.3, 0.4) is 0 Å². The van der Waals surface area contributed by atoms with Crippen LogP contribution in [0.2, 0.25) is 0 Å². The second-order valence-corrected chi connectivity index (χ2v) is 6.27. The van der Waals surface area contributed by atoms with Gasteiger partial charge in [-0.25, -0.2) is 4.98 Å². The van der Waals surface area contributed by atoms with Crippen LogP contribution in [0.15, 0.2) is 24.3 Å². The van der Waals surface area contributed by atoms with E-state index in [9.17, 15) is 4.79 Å². The highest BCUT2D eigenvalue weighted by molar-refractivity contribution is 5.89. The standard InChI is InChI=1S/C19H25N3O2/c1-4-6-18(23)22-11-9-21(10-12-22)17-13-14(2)15-7-5-8-16(24-3)19(15)20-17/h5,7-8,13H,4,6,9-12H2,1-3H3. The fourth-order valence-corrected chi connectivity index (χ4v) is 3.26. The maximum Gasteiger partial charge on any atom is 0.222 e. The number of nitrogens with zero attached hydrogens (tertiary/aromatic N) is 3. The Morgan fingerprint density at radius 1 is 1.25 bits per heavy atom. The molecule has 0 bridgehead atoms. The molecule has 2 aromatic rings. The van der Waals surface area contributed by atoms with E-state index in [4.69, 9.17) is 9.72 Å². The number of aryl methyl sites for hydroxylation is 1. The molecule has 24 heavy (non-hydrogen) atoms. The van der Waals surface area contributed by atoms with Crippen molar-refractivity contribution in [3.63, 3.8) is 0 Å². The lowest BCUT2D eigenvalue weighted by molar-refractivity contribution is -0.131. The van der Waals surface area contributed by atoms with Crippen LogP contribution in [-0.2, 0) is 4.79 Å². The summed E-state index contributed by atoms with van der Waals surface area (Å²) in [5, 5.41) is 1.12. The Labute approximate surface area is 143 Å². The van der Waals surface area contributed by atoms with Gasteiger partial charge in [-0.2, -0.15) is 0 Å². The number of ether oxygens (including phenoxy) is 1. The van der Waals surface area contributed by atoms with Gasteiger partial charge in [-0.05, 0) is 31.0 Å². The topological polar surface area (TPSA) is 45.7 Å². The van der Waals surface area contributed by atoms with Gasteiger partial charge in [0.15, 0.2) is 0 Å². The number of anilines is 1. The van der Waals surface area contributed by atoms with Crippen LogP contribution < -0.4 is 9.64 Å². The molecule has 0 aliphatic carbocycles. The number of carbonyl (C=O) groups excluding carboxylic acids is 1. The Morgan fingerprint density at radius 3 is 2.67 bits per heavy atom. The van der Waals surface area contributed by atoms with Gasteiger partial charge in [0.05, 0.1) is 7.11 Å². The summed E-state index contributed by atoms with van der Waals surface area (Å²) in [7, 11) is 1.68. The van der Waals surface area contributed by atoms with Crippen molar-refractivity contribution in [2.24, 2.45) is 0 Å². The summed E-state index contributed by atoms with van der Waals surface area (Å²) in [5.41, 5.74) is 2.10. The molecule has 3 rings (SSSR count). The van der Waals surface area contributed by atoms with Gasteiger partial charge in [-0.1, -0.05) is 19.1 Å². The van der Waals surface area contributed by atoms with Gasteiger partial charge in [0, 0.05) is 38.0 Å². The zero-order chi connectivity index (χ0) is 17.1. The van der Waals surface area contributed by atoms with Gasteiger partial charge in [-0.15, -0.1) is 0 Å². The predicted octanol–water partition coefficient (Wildman–Crippen LogP) is 3.00. The summed E-state index contributed by atoms with van der Waals surface area (Å²) in [6.45, 7) is 7.33. The number of rotatable bonds is 4. The molecule has 0 radical (unpaired) electrons. The molecule has 0 N–H and O–H groups in total. The maximum absolute atomic E-state index is 12.0. The summed E-state index contributed by atoms with van der Waals surface area (Å²) < 4.78 is 5.47. The molecule has 128 valence electrons. The number of aromatic nitrogens is 1. The molecular formula is C19H25N3O2. The second-order valence-electron chi connectivity index (χ2n) is 6.27. The van der Waals surface area contributed by atoms with Crippen LogP contribution in [0.25, 0.3) is 10.9 Å². The maximum atomic E-state index is 12.0. The van der Waals surface area contributed by atoms with Crippen molar-refractivity contribution < 1.29 is 9.53 Å². The van der Waals surface area contributed by atoms with E-state index < -0.39 is 0 Å². The summed E-state index contributed by atoms with van der Waals surface area (Å²) in [4.78, 5) is 21.1. The van der Waals surface area contributed by atoms with Crippen LogP contribution in [-0.4, -0.2) is 49.1 Å². The molecule has 1 amide bonds. The number of methoxy groups -OCH3 is 1. The third kappa shape index (κ3) is 3.16. The molecule has 1 aromatic carbocycles. The van der Waals surface area contributed by atoms with Crippen LogP contribution in [0, 0.1) is 6.92 Å². The lowest BCUT2D eigenvalue weighted by Crippen LogP contribution is -2.49. The minimum absolute atomic E-state index is 0.265. The number of hydrogen-bond donors (Lipinski definition) is 0. The van der Waals surface area contributed by atoms with Crippen molar-refractivity contribution in [2.75, 3.05) is 38.2 Å². The minimum Gasteiger partial charge on any atom is -0.494 e. The van der Waals surface area contributed by atoms with Crippen molar-refractivity contribution >= 4 is 22.6 Å². The molecule has 0 saturated carbocycles. The van der Waals surface area contributed by atoms with E-state index >= 15 is 0 Å². The molecule has 1 aliphatic heterocycles. The first kappa shape index (κ1) is 16.6. The second kappa shape index (κ2) is 7.07. The van der Waals surface area contributed by atoms with E-state index in [0.717, 1.165) is 55.1 Å². The fourth-order valence-electron chi connectivity index (χ4n) is 3.26. The number of pyridine rings is 1. The van der Waals surface area contributed by atoms with Gasteiger partial charge in [0.1, 0.15) is 17.1 Å². The van der Waals surface area contributed by atoms with Crippen molar-refractivity contribution in [3.8, 4) is 5.75 Å². The molecular weight excluding hydrogens is 302 g/mol. The summed E-state index contributed by atoms with van der Waals surface area (Å²) in [5.74, 6) is 2.03. The van der Waals surface area contributed by atoms with Gasteiger partial charge >= 0.3 is 0 Å². The number of carbonyl (C=O) groups is 1. The van der Waals surface area contributed by atoms with Crippen molar-refractivity contribution in [2.45, 2.75) is 26.7 Å². The van der Waals surface area contributed by atoms with E-state index in [2.05, 4.69) is 24.0 Å². The number of amides is 1. The van der Waals surface area contributed by atoms with Crippen molar-refractivity contribution in [1.82, 2.24) is 9.88 Å². The Balaban J connectivity index is 1.82. The number of para-hydroxylation sites is 1. The normalized spacial score (nSPS) is 15.0. The highest BCUT2D eigenvalue weighted by Gasteiger charge is 2.22. The number of piperazine rings is 1. The number of hydrogen-bond acceptors (Lipinski definition) is 4. The lowest BCUT2D eigenvalue weighted by Gasteiger charge is -2.35. The highest BCUT2D eigenvalue weighted by Crippen LogP contribution is 2.29. The molecule has 1 aromatic heterocycles. The van der Waals surface area contributed by atoms with E-state index in [-0.39, 0.29) is 5.91 Å². The third-order valence-corrected chi connectivity index (χ3v) is 4.64. The Morgan fingerprint density at radius 2 is 2.00 bits per heavy atom. The average molecular weight is 327 g/mol. The van der Waals surface area contributed by atoms with Crippen molar-refractivity contribution in [3.05, 3.63) is 29.8 Å². The van der Waals surface area contributed by atoms with Crippen LogP contribution in [0.4, 0.5) is 5.82 Å². The van der Waals surface area contributed by atoms with Gasteiger partial charge in [0.25, 0.3) is 0 Å². The van der Waals surface area contributed by atoms with Gasteiger partial charge < -0.3 is 14.5 Å². The first-order chi connectivity index (χ1) is 11.6. The number of benzene rings is 1. The molecule has 0 spiro atoms. The monoisotopic (exact) mass is 327 g/mol. The molecule has 1 saturated heterocycles. The van der Waals surface area contributed by atoms with Crippen molar-refractivity contribution in [1.29, 1.82) is 0 Å². The Kier molecular flexibility index (Phi) is 4.88. The zero-order valence-corrected chi connectivity index (χ0v) is 14.7. The fraction of sp³-hybridized carbons (Fsp3) is 0.474. The molecule has 1 aliphatic rings. The van der Waals surface area contributed by atoms with E-state index in [0.29, 0.717) is 6.42 Å². The smallest absolute Gasteiger partial charge is 0.222 e. The summed E-state index contributed by atoms with van der Waals surface area (Å²) >= 11 is 0. The van der Waals surface area contributed by atoms with Crippen LogP contribution >= 0.6 is 0 Å². The Bertz CT molecular complexity index is 737. The Hall–Kier alpha value is -2.30. The lowest BCUT2D eigenvalue weighted by atomic mass is 10.1. The average Bonchev–Trinajstić information content (AvgIpc) is 2.61. The first-order valence-electron chi connectivity index (χ1n) is 8.61. The van der Waals surface area contributed by atoms with E-state index in [1.807, 2.05) is 24.0 Å². The van der Waals surface area contributed by atoms with Gasteiger partial charge in [0.2, 0.25) is 5.91 Å². The molecule has 5 nitrogen and oxygen atoms in total. The molecule has 5 heteroatoms. The minimum atomic E-state index is 0.265. The molecule has 0 unspecified atom stereocenters. The highest BCUT2D eigenvalue weighted by atomic mass is 16.5. The first-order valence-corrected chi connectivity index (χ1v) is 8.61. The quantitative estimate of drug-likeness (QED) is 0.866. The third-order valence-electron chi connectivity index (χ3n) is 4.64. The summed E-state index contributed by atoms with van der Waals surface area (Å²) in [6, 6.07) is 8.14. The van der Waals surface area contributed by atoms with E-state index in [1.54, 1.807) is 7.11 Å². The van der Waals surface area contributed by atoms with Gasteiger partial charge in [-0.3, -0.25) is 4.79 Å². The molecule has 1 fully saturated rings. The predicted molar refractivity (Wildman–Crippen MR) is 96.7 cm³/mol. The largest absolute Gasteiger partial charge is 0.494 e. The molecule has 2 heterocycles. The SMILES string of the molecule is CCCC(=O)N1CCN(c2cc(C)c3cccc(OC)c3n2)CC1. The van der Waals surface area contributed by atoms with Crippen LogP contribution in [0.5, 0.6) is 5.75 Å². The molecule has 0 atom stereocenters. The zero-order valence-electron chi connectivity index (χ0n) is 14.7. The number of fused-ring (bicyclic) bond motifs is 1. The van der Waals surface area contributed by atoms with Crippen LogP contribution in [0.1, 0.15) is 25.3 Å².